The van der Waals surface area contributed by atoms with E-state index in [4.69, 9.17) is 0 Å². The third-order valence-electron chi connectivity index (χ3n) is 5.01. The highest BCUT2D eigenvalue weighted by Gasteiger charge is 2.46. The maximum absolute atomic E-state index is 12.1. The van der Waals surface area contributed by atoms with Gasteiger partial charge in [0.1, 0.15) is 0 Å². The molecular weight excluding hydrogens is 432 g/mol. The van der Waals surface area contributed by atoms with Crippen LogP contribution in [0.4, 0.5) is 5.69 Å². The van der Waals surface area contributed by atoms with Crippen molar-refractivity contribution in [1.82, 2.24) is 4.98 Å². The van der Waals surface area contributed by atoms with Crippen LogP contribution in [-0.2, 0) is 19.6 Å². The first-order chi connectivity index (χ1) is 15.0. The van der Waals surface area contributed by atoms with Crippen molar-refractivity contribution in [1.29, 1.82) is 0 Å². The van der Waals surface area contributed by atoms with Crippen molar-refractivity contribution in [3.8, 4) is 11.8 Å². The Balaban J connectivity index is 2.08. The van der Waals surface area contributed by atoms with Crippen molar-refractivity contribution in [2.24, 2.45) is 5.41 Å². The smallest absolute Gasteiger partial charge is 0.332 e. The van der Waals surface area contributed by atoms with E-state index < -0.39 is 33.3 Å². The SMILES string of the molecule is CC1(C(=O)O)C=CC=C(C(=O)O)C1c1ccncc1C#Cc1cccc(NS(C)(=O)=O)c1. The molecule has 3 N–H and O–H groups in total. The predicted molar refractivity (Wildman–Crippen MR) is 118 cm³/mol. The van der Waals surface area contributed by atoms with Gasteiger partial charge in [-0.15, -0.1) is 0 Å². The fraction of sp³-hybridized carbons (Fsp3) is 0.174. The number of nitrogens with one attached hydrogen (secondary N) is 1. The number of anilines is 1. The Bertz CT molecular complexity index is 1320. The highest BCUT2D eigenvalue weighted by molar-refractivity contribution is 7.92. The van der Waals surface area contributed by atoms with Crippen LogP contribution < -0.4 is 4.72 Å². The second kappa shape index (κ2) is 8.69. The molecule has 8 nitrogen and oxygen atoms in total. The fourth-order valence-corrected chi connectivity index (χ4v) is 4.08. The van der Waals surface area contributed by atoms with Gasteiger partial charge in [-0.3, -0.25) is 14.5 Å². The molecule has 0 saturated carbocycles. The zero-order chi connectivity index (χ0) is 23.5. The molecule has 0 saturated heterocycles. The lowest BCUT2D eigenvalue weighted by Crippen LogP contribution is -2.37. The number of rotatable bonds is 5. The second-order valence-electron chi connectivity index (χ2n) is 7.48. The van der Waals surface area contributed by atoms with Crippen LogP contribution in [-0.4, -0.2) is 41.8 Å². The third-order valence-corrected chi connectivity index (χ3v) is 5.62. The highest BCUT2D eigenvalue weighted by atomic mass is 32.2. The molecular formula is C23H20N2O6S. The minimum Gasteiger partial charge on any atom is -0.481 e. The first kappa shape index (κ1) is 22.8. The van der Waals surface area contributed by atoms with Gasteiger partial charge in [0.2, 0.25) is 10.0 Å². The summed E-state index contributed by atoms with van der Waals surface area (Å²) in [5, 5.41) is 19.6. The summed E-state index contributed by atoms with van der Waals surface area (Å²) in [4.78, 5) is 28.0. The number of carboxylic acids is 2. The lowest BCUT2D eigenvalue weighted by Gasteiger charge is -2.34. The number of carbonyl (C=O) groups is 2. The summed E-state index contributed by atoms with van der Waals surface area (Å²) in [5.74, 6) is 2.46. The topological polar surface area (TPSA) is 134 Å². The number of benzene rings is 1. The van der Waals surface area contributed by atoms with Crippen LogP contribution in [0.2, 0.25) is 0 Å². The normalized spacial score (nSPS) is 19.9. The van der Waals surface area contributed by atoms with E-state index in [1.54, 1.807) is 30.3 Å². The quantitative estimate of drug-likeness (QED) is 0.594. The van der Waals surface area contributed by atoms with E-state index in [-0.39, 0.29) is 5.57 Å². The van der Waals surface area contributed by atoms with Gasteiger partial charge >= 0.3 is 11.9 Å². The predicted octanol–water partition coefficient (Wildman–Crippen LogP) is 2.61. The number of hydrogen-bond donors (Lipinski definition) is 3. The van der Waals surface area contributed by atoms with Crippen molar-refractivity contribution in [3.63, 3.8) is 0 Å². The van der Waals surface area contributed by atoms with Gasteiger partial charge in [-0.2, -0.15) is 0 Å². The molecule has 9 heteroatoms. The average molecular weight is 452 g/mol. The molecule has 1 aliphatic rings. The molecule has 164 valence electrons. The van der Waals surface area contributed by atoms with Crippen molar-refractivity contribution >= 4 is 27.6 Å². The van der Waals surface area contributed by atoms with Gasteiger partial charge in [0.25, 0.3) is 0 Å². The third kappa shape index (κ3) is 4.87. The van der Waals surface area contributed by atoms with Crippen molar-refractivity contribution in [2.75, 3.05) is 11.0 Å². The maximum atomic E-state index is 12.1. The molecule has 0 spiro atoms. The van der Waals surface area contributed by atoms with Gasteiger partial charge in [0.15, 0.2) is 0 Å². The number of aromatic nitrogens is 1. The lowest BCUT2D eigenvalue weighted by atomic mass is 9.66. The monoisotopic (exact) mass is 452 g/mol. The van der Waals surface area contributed by atoms with Crippen LogP contribution in [0.1, 0.15) is 29.5 Å². The molecule has 2 unspecified atom stereocenters. The van der Waals surface area contributed by atoms with Crippen LogP contribution >= 0.6 is 0 Å². The molecule has 0 amide bonds. The van der Waals surface area contributed by atoms with Crippen LogP contribution in [0.15, 0.2) is 66.5 Å². The lowest BCUT2D eigenvalue weighted by molar-refractivity contribution is -0.146. The van der Waals surface area contributed by atoms with Gasteiger partial charge in [0.05, 0.1) is 11.7 Å². The Morgan fingerprint density at radius 1 is 1.19 bits per heavy atom. The number of nitrogens with zero attached hydrogens (tertiary/aromatic N) is 1. The number of carboxylic acid groups (broad SMARTS) is 2. The summed E-state index contributed by atoms with van der Waals surface area (Å²) < 4.78 is 25.3. The molecule has 0 fully saturated rings. The van der Waals surface area contributed by atoms with Gasteiger partial charge in [-0.05, 0) is 36.8 Å². The van der Waals surface area contributed by atoms with Gasteiger partial charge < -0.3 is 10.2 Å². The number of aliphatic carboxylic acids is 2. The largest absolute Gasteiger partial charge is 0.481 e. The van der Waals surface area contributed by atoms with Gasteiger partial charge in [-0.25, -0.2) is 13.2 Å². The summed E-state index contributed by atoms with van der Waals surface area (Å²) in [5.41, 5.74) is 0.0740. The van der Waals surface area contributed by atoms with Gasteiger partial charge in [-0.1, -0.05) is 36.1 Å². The summed E-state index contributed by atoms with van der Waals surface area (Å²) in [6.45, 7) is 1.46. The first-order valence-corrected chi connectivity index (χ1v) is 11.3. The average Bonchev–Trinajstić information content (AvgIpc) is 2.71. The zero-order valence-electron chi connectivity index (χ0n) is 17.2. The van der Waals surface area contributed by atoms with E-state index in [0.29, 0.717) is 22.4 Å². The fourth-order valence-electron chi connectivity index (χ4n) is 3.52. The maximum Gasteiger partial charge on any atom is 0.332 e. The Morgan fingerprint density at radius 2 is 1.94 bits per heavy atom. The Labute approximate surface area is 185 Å². The van der Waals surface area contributed by atoms with E-state index in [9.17, 15) is 28.2 Å². The van der Waals surface area contributed by atoms with Crippen molar-refractivity contribution < 1.29 is 28.2 Å². The Hall–Kier alpha value is -3.90. The molecule has 1 heterocycles. The summed E-state index contributed by atoms with van der Waals surface area (Å²) in [7, 11) is -3.45. The van der Waals surface area contributed by atoms with E-state index in [0.717, 1.165) is 6.26 Å². The van der Waals surface area contributed by atoms with Crippen LogP contribution in [0.25, 0.3) is 0 Å². The highest BCUT2D eigenvalue weighted by Crippen LogP contribution is 2.46. The number of sulfonamides is 1. The van der Waals surface area contributed by atoms with Crippen LogP contribution in [0.5, 0.6) is 0 Å². The Morgan fingerprint density at radius 3 is 2.59 bits per heavy atom. The summed E-state index contributed by atoms with van der Waals surface area (Å²) >= 11 is 0. The molecule has 1 aromatic heterocycles. The zero-order valence-corrected chi connectivity index (χ0v) is 18.1. The molecule has 0 bridgehead atoms. The van der Waals surface area contributed by atoms with Gasteiger partial charge in [0, 0.05) is 40.7 Å². The summed E-state index contributed by atoms with van der Waals surface area (Å²) in [6.07, 6.45) is 8.22. The molecule has 2 aromatic rings. The molecule has 0 radical (unpaired) electrons. The Kier molecular flexibility index (Phi) is 6.18. The van der Waals surface area contributed by atoms with Crippen molar-refractivity contribution in [2.45, 2.75) is 12.8 Å². The first-order valence-electron chi connectivity index (χ1n) is 9.41. The standard InChI is InChI=1S/C23H20N2O6S/c1-23(22(28)29)11-4-7-19(21(26)27)20(23)18-10-12-24-14-16(18)9-8-15-5-3-6-17(13-15)25-32(2,30)31/h3-7,10-14,20,25H,1-2H3,(H,26,27)(H,28,29). The molecule has 3 rings (SSSR count). The minimum absolute atomic E-state index is 0.0639. The van der Waals surface area contributed by atoms with E-state index in [1.165, 1.54) is 37.5 Å². The van der Waals surface area contributed by atoms with E-state index in [1.807, 2.05) is 0 Å². The molecule has 32 heavy (non-hydrogen) atoms. The van der Waals surface area contributed by atoms with E-state index in [2.05, 4.69) is 21.5 Å². The number of pyridine rings is 1. The molecule has 0 aliphatic heterocycles. The number of hydrogen-bond acceptors (Lipinski definition) is 5. The van der Waals surface area contributed by atoms with Crippen LogP contribution in [0.3, 0.4) is 0 Å². The second-order valence-corrected chi connectivity index (χ2v) is 9.22. The molecule has 2 atom stereocenters. The minimum atomic E-state index is -3.45. The summed E-state index contributed by atoms with van der Waals surface area (Å²) in [6, 6.07) is 8.02. The number of allylic oxidation sites excluding steroid dienone is 2. The van der Waals surface area contributed by atoms with E-state index >= 15 is 0 Å². The molecule has 1 aromatic carbocycles. The van der Waals surface area contributed by atoms with Crippen molar-refractivity contribution in [3.05, 3.63) is 83.2 Å². The molecule has 1 aliphatic carbocycles. The van der Waals surface area contributed by atoms with Crippen LogP contribution in [0, 0.1) is 17.3 Å².